The van der Waals surface area contributed by atoms with Crippen LogP contribution in [0.2, 0.25) is 5.02 Å². The molecule has 0 bridgehead atoms. The number of hydrogen-bond donors (Lipinski definition) is 2. The first kappa shape index (κ1) is 18.6. The molecule has 0 fully saturated rings. The number of halogens is 2. The van der Waals surface area contributed by atoms with Gasteiger partial charge in [-0.3, -0.25) is 9.48 Å². The van der Waals surface area contributed by atoms with Crippen LogP contribution in [0.15, 0.2) is 30.6 Å². The second kappa shape index (κ2) is 7.60. The van der Waals surface area contributed by atoms with Gasteiger partial charge in [-0.15, -0.1) is 0 Å². The van der Waals surface area contributed by atoms with E-state index in [4.69, 9.17) is 16.9 Å². The van der Waals surface area contributed by atoms with E-state index in [1.165, 1.54) is 12.1 Å². The summed E-state index contributed by atoms with van der Waals surface area (Å²) in [5.41, 5.74) is 1.12. The van der Waals surface area contributed by atoms with Crippen molar-refractivity contribution in [2.45, 2.75) is 26.4 Å². The fraction of sp³-hybridized carbons (Fsp3) is 0.222. The summed E-state index contributed by atoms with van der Waals surface area (Å²) in [5, 5.41) is 16.1. The molecular formula is C18H16ClFN6O. The highest BCUT2D eigenvalue weighted by Gasteiger charge is 2.15. The molecule has 0 saturated carbocycles. The highest BCUT2D eigenvalue weighted by molar-refractivity contribution is 6.32. The smallest absolute Gasteiger partial charge is 0.271 e. The maximum Gasteiger partial charge on any atom is 0.271 e. The van der Waals surface area contributed by atoms with E-state index in [1.807, 2.05) is 6.92 Å². The standard InChI is InChI=1S/C18H16ClFN6O/c1-10(23-18(27)17-8-22-11(2)24-17)9-26-4-3-16(25-26)12-5-14(19)13(7-21)15(20)6-12/h3-6,8,10H,9H2,1-2H3,(H,22,24)(H,23,27)/t10-/m1/s1. The average Bonchev–Trinajstić information content (AvgIpc) is 3.23. The second-order valence-electron chi connectivity index (χ2n) is 6.10. The van der Waals surface area contributed by atoms with E-state index in [0.717, 1.165) is 0 Å². The van der Waals surface area contributed by atoms with Crippen LogP contribution in [0.5, 0.6) is 0 Å². The summed E-state index contributed by atoms with van der Waals surface area (Å²) in [6.45, 7) is 4.03. The molecule has 7 nitrogen and oxygen atoms in total. The number of carbonyl (C=O) groups is 1. The molecule has 0 aliphatic heterocycles. The van der Waals surface area contributed by atoms with Crippen molar-refractivity contribution in [1.29, 1.82) is 5.26 Å². The van der Waals surface area contributed by atoms with E-state index in [-0.39, 0.29) is 22.5 Å². The Balaban J connectivity index is 1.69. The molecule has 0 spiro atoms. The van der Waals surface area contributed by atoms with Crippen molar-refractivity contribution in [2.24, 2.45) is 0 Å². The fourth-order valence-electron chi connectivity index (χ4n) is 2.60. The molecule has 3 aromatic rings. The molecule has 2 aromatic heterocycles. The molecule has 0 aliphatic rings. The highest BCUT2D eigenvalue weighted by atomic mass is 35.5. The molecule has 138 valence electrons. The van der Waals surface area contributed by atoms with Gasteiger partial charge in [0.15, 0.2) is 0 Å². The van der Waals surface area contributed by atoms with Crippen LogP contribution in [-0.4, -0.2) is 31.7 Å². The van der Waals surface area contributed by atoms with Crippen molar-refractivity contribution in [1.82, 2.24) is 25.1 Å². The summed E-state index contributed by atoms with van der Waals surface area (Å²) >= 11 is 5.94. The molecule has 0 unspecified atom stereocenters. The third-order valence-corrected chi connectivity index (χ3v) is 4.17. The lowest BCUT2D eigenvalue weighted by Crippen LogP contribution is -2.36. The van der Waals surface area contributed by atoms with E-state index in [2.05, 4.69) is 20.4 Å². The molecule has 1 amide bonds. The number of H-pyrrole nitrogens is 1. The summed E-state index contributed by atoms with van der Waals surface area (Å²) < 4.78 is 15.6. The minimum atomic E-state index is -0.690. The molecule has 0 aliphatic carbocycles. The van der Waals surface area contributed by atoms with Gasteiger partial charge < -0.3 is 10.3 Å². The number of rotatable bonds is 5. The number of nitrogens with zero attached hydrogens (tertiary/aromatic N) is 4. The summed E-state index contributed by atoms with van der Waals surface area (Å²) in [6, 6.07) is 5.96. The van der Waals surface area contributed by atoms with E-state index in [1.54, 1.807) is 36.1 Å². The van der Waals surface area contributed by atoms with Crippen LogP contribution in [0.3, 0.4) is 0 Å². The Morgan fingerprint density at radius 3 is 2.93 bits per heavy atom. The zero-order valence-electron chi connectivity index (χ0n) is 14.6. The number of amides is 1. The predicted molar refractivity (Wildman–Crippen MR) is 97.6 cm³/mol. The van der Waals surface area contributed by atoms with Crippen LogP contribution in [0.4, 0.5) is 4.39 Å². The van der Waals surface area contributed by atoms with Crippen LogP contribution in [0.25, 0.3) is 11.3 Å². The molecule has 27 heavy (non-hydrogen) atoms. The number of nitrogens with one attached hydrogen (secondary N) is 2. The normalized spacial score (nSPS) is 11.8. The van der Waals surface area contributed by atoms with Gasteiger partial charge in [-0.2, -0.15) is 10.4 Å². The Labute approximate surface area is 159 Å². The quantitative estimate of drug-likeness (QED) is 0.703. The molecule has 9 heteroatoms. The molecular weight excluding hydrogens is 371 g/mol. The Morgan fingerprint density at radius 1 is 1.52 bits per heavy atom. The lowest BCUT2D eigenvalue weighted by molar-refractivity contribution is 0.0931. The summed E-state index contributed by atoms with van der Waals surface area (Å²) in [4.78, 5) is 19.1. The molecule has 0 radical (unpaired) electrons. The minimum absolute atomic E-state index is 0.0389. The predicted octanol–water partition coefficient (Wildman–Crippen LogP) is 3.06. The largest absolute Gasteiger partial charge is 0.348 e. The van der Waals surface area contributed by atoms with Crippen LogP contribution in [0, 0.1) is 24.1 Å². The number of aryl methyl sites for hydroxylation is 1. The first-order valence-electron chi connectivity index (χ1n) is 8.13. The van der Waals surface area contributed by atoms with Gasteiger partial charge in [-0.1, -0.05) is 11.6 Å². The Kier molecular flexibility index (Phi) is 5.23. The van der Waals surface area contributed by atoms with Crippen LogP contribution < -0.4 is 5.32 Å². The fourth-order valence-corrected chi connectivity index (χ4v) is 2.85. The Morgan fingerprint density at radius 2 is 2.30 bits per heavy atom. The van der Waals surface area contributed by atoms with Gasteiger partial charge in [0, 0.05) is 24.0 Å². The lowest BCUT2D eigenvalue weighted by atomic mass is 10.1. The van der Waals surface area contributed by atoms with Gasteiger partial charge in [0.2, 0.25) is 0 Å². The first-order chi connectivity index (χ1) is 12.9. The Hall–Kier alpha value is -3.18. The third kappa shape index (κ3) is 4.15. The number of aromatic amines is 1. The molecule has 2 heterocycles. The van der Waals surface area contributed by atoms with Crippen LogP contribution in [0.1, 0.15) is 28.8 Å². The van der Waals surface area contributed by atoms with Crippen molar-refractivity contribution >= 4 is 17.5 Å². The minimum Gasteiger partial charge on any atom is -0.348 e. The van der Waals surface area contributed by atoms with Crippen molar-refractivity contribution in [3.63, 3.8) is 0 Å². The maximum atomic E-state index is 13.9. The van der Waals surface area contributed by atoms with Gasteiger partial charge in [-0.05, 0) is 32.0 Å². The summed E-state index contributed by atoms with van der Waals surface area (Å²) in [7, 11) is 0. The lowest BCUT2D eigenvalue weighted by Gasteiger charge is -2.13. The monoisotopic (exact) mass is 386 g/mol. The SMILES string of the molecule is Cc1nc(C(=O)N[C@H](C)Cn2ccc(-c3cc(F)c(C#N)c(Cl)c3)n2)c[nH]1. The van der Waals surface area contributed by atoms with Crippen molar-refractivity contribution in [3.05, 3.63) is 58.5 Å². The average molecular weight is 387 g/mol. The number of imidazole rings is 1. The molecule has 1 aromatic carbocycles. The van der Waals surface area contributed by atoms with E-state index in [9.17, 15) is 9.18 Å². The van der Waals surface area contributed by atoms with Crippen LogP contribution >= 0.6 is 11.6 Å². The third-order valence-electron chi connectivity index (χ3n) is 3.87. The van der Waals surface area contributed by atoms with E-state index < -0.39 is 5.82 Å². The first-order valence-corrected chi connectivity index (χ1v) is 8.51. The van der Waals surface area contributed by atoms with Crippen molar-refractivity contribution < 1.29 is 9.18 Å². The zero-order chi connectivity index (χ0) is 19.6. The van der Waals surface area contributed by atoms with Gasteiger partial charge in [0.05, 0.1) is 17.3 Å². The maximum absolute atomic E-state index is 13.9. The van der Waals surface area contributed by atoms with Crippen LogP contribution in [-0.2, 0) is 6.54 Å². The number of nitriles is 1. The van der Waals surface area contributed by atoms with E-state index >= 15 is 0 Å². The Bertz CT molecular complexity index is 1010. The van der Waals surface area contributed by atoms with E-state index in [0.29, 0.717) is 29.3 Å². The number of hydrogen-bond acceptors (Lipinski definition) is 4. The molecule has 3 rings (SSSR count). The highest BCUT2D eigenvalue weighted by Crippen LogP contribution is 2.26. The zero-order valence-corrected chi connectivity index (χ0v) is 15.4. The van der Waals surface area contributed by atoms with Gasteiger partial charge in [-0.25, -0.2) is 9.37 Å². The summed E-state index contributed by atoms with van der Waals surface area (Å²) in [6.07, 6.45) is 3.27. The molecule has 0 saturated heterocycles. The molecule has 1 atom stereocenters. The van der Waals surface area contributed by atoms with Crippen molar-refractivity contribution in [3.8, 4) is 17.3 Å². The number of carbonyl (C=O) groups excluding carboxylic acids is 1. The van der Waals surface area contributed by atoms with Gasteiger partial charge in [0.1, 0.15) is 29.0 Å². The topological polar surface area (TPSA) is 99.4 Å². The molecule has 2 N–H and O–H groups in total. The van der Waals surface area contributed by atoms with Gasteiger partial charge >= 0.3 is 0 Å². The summed E-state index contributed by atoms with van der Waals surface area (Å²) in [5.74, 6) is -0.303. The number of aromatic nitrogens is 4. The van der Waals surface area contributed by atoms with Gasteiger partial charge in [0.25, 0.3) is 5.91 Å². The number of benzene rings is 1. The van der Waals surface area contributed by atoms with Crippen molar-refractivity contribution in [2.75, 3.05) is 0 Å². The second-order valence-corrected chi connectivity index (χ2v) is 6.50.